The molecule has 1 heterocycles. The molecule has 0 fully saturated rings. The lowest BCUT2D eigenvalue weighted by atomic mass is 10.2. The summed E-state index contributed by atoms with van der Waals surface area (Å²) in [5.41, 5.74) is 0.495. The van der Waals surface area contributed by atoms with E-state index in [1.54, 1.807) is 25.1 Å². The van der Waals surface area contributed by atoms with E-state index in [9.17, 15) is 9.59 Å². The molecule has 1 amide bonds. The number of nitrogens with one attached hydrogen (secondary N) is 1. The molecule has 0 unspecified atom stereocenters. The second-order valence-electron chi connectivity index (χ2n) is 5.15. The van der Waals surface area contributed by atoms with E-state index < -0.39 is 0 Å². The van der Waals surface area contributed by atoms with Crippen LogP contribution in [0.25, 0.3) is 10.9 Å². The monoisotopic (exact) mass is 287 g/mol. The van der Waals surface area contributed by atoms with Gasteiger partial charge in [-0.15, -0.1) is 0 Å². The van der Waals surface area contributed by atoms with Crippen LogP contribution in [0.1, 0.15) is 32.5 Å². The summed E-state index contributed by atoms with van der Waals surface area (Å²) in [4.78, 5) is 28.9. The number of carbonyl (C=O) groups excluding carboxylic acids is 1. The summed E-state index contributed by atoms with van der Waals surface area (Å²) in [5, 5.41) is 3.48. The van der Waals surface area contributed by atoms with Crippen molar-refractivity contribution in [3.05, 3.63) is 40.4 Å². The third-order valence-corrected chi connectivity index (χ3v) is 3.70. The van der Waals surface area contributed by atoms with Gasteiger partial charge in [-0.2, -0.15) is 0 Å². The number of carbonyl (C=O) groups is 1. The van der Waals surface area contributed by atoms with Crippen LogP contribution in [0.5, 0.6) is 0 Å². The molecular weight excluding hydrogens is 266 g/mol. The minimum atomic E-state index is -0.169. The third-order valence-electron chi connectivity index (χ3n) is 3.70. The SMILES string of the molecule is CCC(CC)NC(=O)Cn1c(C)nc2ccccc2c1=O. The van der Waals surface area contributed by atoms with E-state index in [1.807, 2.05) is 19.9 Å². The molecule has 5 nitrogen and oxygen atoms in total. The molecule has 0 saturated carbocycles. The zero-order chi connectivity index (χ0) is 15.4. The predicted molar refractivity (Wildman–Crippen MR) is 83.3 cm³/mol. The van der Waals surface area contributed by atoms with Gasteiger partial charge in [0, 0.05) is 6.04 Å². The largest absolute Gasteiger partial charge is 0.352 e. The maximum Gasteiger partial charge on any atom is 0.261 e. The number of para-hydroxylation sites is 1. The molecule has 0 atom stereocenters. The number of aryl methyl sites for hydroxylation is 1. The van der Waals surface area contributed by atoms with Crippen LogP contribution < -0.4 is 10.9 Å². The Morgan fingerprint density at radius 1 is 1.29 bits per heavy atom. The topological polar surface area (TPSA) is 64.0 Å². The molecule has 21 heavy (non-hydrogen) atoms. The number of nitrogens with zero attached hydrogens (tertiary/aromatic N) is 2. The van der Waals surface area contributed by atoms with Crippen LogP contribution in [-0.4, -0.2) is 21.5 Å². The molecule has 0 spiro atoms. The van der Waals surface area contributed by atoms with E-state index in [0.29, 0.717) is 16.7 Å². The zero-order valence-electron chi connectivity index (χ0n) is 12.7. The molecule has 1 aromatic heterocycles. The summed E-state index contributed by atoms with van der Waals surface area (Å²) in [6.07, 6.45) is 1.76. The van der Waals surface area contributed by atoms with Gasteiger partial charge < -0.3 is 5.32 Å². The van der Waals surface area contributed by atoms with Crippen LogP contribution in [0.2, 0.25) is 0 Å². The van der Waals surface area contributed by atoms with Gasteiger partial charge in [-0.05, 0) is 31.9 Å². The molecule has 0 saturated heterocycles. The quantitative estimate of drug-likeness (QED) is 0.915. The highest BCUT2D eigenvalue weighted by atomic mass is 16.2. The molecule has 0 aliphatic rings. The first kappa shape index (κ1) is 15.2. The Labute approximate surface area is 124 Å². The van der Waals surface area contributed by atoms with Crippen molar-refractivity contribution in [2.75, 3.05) is 0 Å². The summed E-state index contributed by atoms with van der Waals surface area (Å²) >= 11 is 0. The number of hydrogen-bond donors (Lipinski definition) is 1. The van der Waals surface area contributed by atoms with Gasteiger partial charge in [0.25, 0.3) is 5.56 Å². The van der Waals surface area contributed by atoms with Crippen LogP contribution in [0.15, 0.2) is 29.1 Å². The number of hydrogen-bond acceptors (Lipinski definition) is 3. The second kappa shape index (κ2) is 6.52. The summed E-state index contributed by atoms with van der Waals surface area (Å²) in [6, 6.07) is 7.34. The first-order chi connectivity index (χ1) is 10.1. The number of aromatic nitrogens is 2. The summed E-state index contributed by atoms with van der Waals surface area (Å²) in [6.45, 7) is 5.82. The summed E-state index contributed by atoms with van der Waals surface area (Å²) in [7, 11) is 0. The number of amides is 1. The van der Waals surface area contributed by atoms with Crippen molar-refractivity contribution in [1.29, 1.82) is 0 Å². The highest BCUT2D eigenvalue weighted by molar-refractivity contribution is 5.79. The van der Waals surface area contributed by atoms with E-state index in [4.69, 9.17) is 0 Å². The summed E-state index contributed by atoms with van der Waals surface area (Å²) in [5.74, 6) is 0.407. The average Bonchev–Trinajstić information content (AvgIpc) is 2.49. The van der Waals surface area contributed by atoms with Crippen molar-refractivity contribution in [2.45, 2.75) is 46.2 Å². The fourth-order valence-corrected chi connectivity index (χ4v) is 2.37. The van der Waals surface area contributed by atoms with Crippen molar-refractivity contribution in [3.63, 3.8) is 0 Å². The lowest BCUT2D eigenvalue weighted by molar-refractivity contribution is -0.122. The van der Waals surface area contributed by atoms with Gasteiger partial charge in [-0.25, -0.2) is 4.98 Å². The lowest BCUT2D eigenvalue weighted by Gasteiger charge is -2.16. The lowest BCUT2D eigenvalue weighted by Crippen LogP contribution is -2.39. The Balaban J connectivity index is 2.30. The summed E-state index contributed by atoms with van der Waals surface area (Å²) < 4.78 is 1.43. The molecule has 0 aliphatic carbocycles. The molecule has 0 radical (unpaired) electrons. The van der Waals surface area contributed by atoms with Crippen LogP contribution in [-0.2, 0) is 11.3 Å². The molecular formula is C16H21N3O2. The Kier molecular flexibility index (Phi) is 4.73. The van der Waals surface area contributed by atoms with Crippen molar-refractivity contribution in [1.82, 2.24) is 14.9 Å². The highest BCUT2D eigenvalue weighted by Gasteiger charge is 2.13. The van der Waals surface area contributed by atoms with E-state index in [2.05, 4.69) is 10.3 Å². The first-order valence-electron chi connectivity index (χ1n) is 7.32. The number of rotatable bonds is 5. The Morgan fingerprint density at radius 2 is 1.95 bits per heavy atom. The Bertz CT molecular complexity index is 702. The molecule has 2 rings (SSSR count). The molecule has 1 N–H and O–H groups in total. The minimum absolute atomic E-state index is 0.0129. The normalized spacial score (nSPS) is 11.0. The second-order valence-corrected chi connectivity index (χ2v) is 5.15. The van der Waals surface area contributed by atoms with Gasteiger partial charge in [0.15, 0.2) is 0 Å². The maximum absolute atomic E-state index is 12.5. The van der Waals surface area contributed by atoms with Gasteiger partial charge in [0.1, 0.15) is 12.4 Å². The van der Waals surface area contributed by atoms with Crippen molar-refractivity contribution in [3.8, 4) is 0 Å². The van der Waals surface area contributed by atoms with Crippen molar-refractivity contribution in [2.24, 2.45) is 0 Å². The molecule has 2 aromatic rings. The van der Waals surface area contributed by atoms with Gasteiger partial charge in [0.2, 0.25) is 5.91 Å². The predicted octanol–water partition coefficient (Wildman–Crippen LogP) is 2.01. The van der Waals surface area contributed by atoms with Crippen LogP contribution in [0.4, 0.5) is 0 Å². The van der Waals surface area contributed by atoms with Crippen molar-refractivity contribution < 1.29 is 4.79 Å². The molecule has 112 valence electrons. The molecule has 1 aromatic carbocycles. The standard InChI is InChI=1S/C16H21N3O2/c1-4-12(5-2)18-15(20)10-19-11(3)17-14-9-7-6-8-13(14)16(19)21/h6-9,12H,4-5,10H2,1-3H3,(H,18,20). The van der Waals surface area contributed by atoms with E-state index in [-0.39, 0.29) is 24.1 Å². The molecule has 0 bridgehead atoms. The van der Waals surface area contributed by atoms with E-state index >= 15 is 0 Å². The van der Waals surface area contributed by atoms with Gasteiger partial charge in [-0.1, -0.05) is 26.0 Å². The van der Waals surface area contributed by atoms with E-state index in [0.717, 1.165) is 12.8 Å². The highest BCUT2D eigenvalue weighted by Crippen LogP contribution is 2.07. The van der Waals surface area contributed by atoms with E-state index in [1.165, 1.54) is 4.57 Å². The minimum Gasteiger partial charge on any atom is -0.352 e. The number of benzene rings is 1. The van der Waals surface area contributed by atoms with Gasteiger partial charge in [-0.3, -0.25) is 14.2 Å². The third kappa shape index (κ3) is 3.29. The average molecular weight is 287 g/mol. The van der Waals surface area contributed by atoms with Crippen LogP contribution >= 0.6 is 0 Å². The van der Waals surface area contributed by atoms with Crippen LogP contribution in [0, 0.1) is 6.92 Å². The van der Waals surface area contributed by atoms with Gasteiger partial charge >= 0.3 is 0 Å². The fourth-order valence-electron chi connectivity index (χ4n) is 2.37. The Hall–Kier alpha value is -2.17. The maximum atomic E-state index is 12.5. The Morgan fingerprint density at radius 3 is 2.62 bits per heavy atom. The first-order valence-corrected chi connectivity index (χ1v) is 7.32. The number of fused-ring (bicyclic) bond motifs is 1. The van der Waals surface area contributed by atoms with Crippen LogP contribution in [0.3, 0.4) is 0 Å². The zero-order valence-corrected chi connectivity index (χ0v) is 12.7. The molecule has 0 aliphatic heterocycles. The smallest absolute Gasteiger partial charge is 0.261 e. The van der Waals surface area contributed by atoms with Gasteiger partial charge in [0.05, 0.1) is 10.9 Å². The van der Waals surface area contributed by atoms with Crippen molar-refractivity contribution >= 4 is 16.8 Å². The molecule has 5 heteroatoms. The fraction of sp³-hybridized carbons (Fsp3) is 0.438.